The van der Waals surface area contributed by atoms with E-state index in [0.29, 0.717) is 0 Å². The Morgan fingerprint density at radius 1 is 0.408 bits per heavy atom. The second-order valence-corrected chi connectivity index (χ2v) is 14.9. The summed E-state index contributed by atoms with van der Waals surface area (Å²) in [6.07, 6.45) is 2.41. The lowest BCUT2D eigenvalue weighted by molar-refractivity contribution is 0.332. The molecule has 0 atom stereocenters. The fourth-order valence-corrected chi connectivity index (χ4v) is 7.77. The normalized spacial score (nSPS) is 14.7. The molecule has 0 amide bonds. The highest BCUT2D eigenvalue weighted by Gasteiger charge is 2.37. The van der Waals surface area contributed by atoms with Crippen molar-refractivity contribution in [1.29, 1.82) is 0 Å². The van der Waals surface area contributed by atoms with E-state index in [0.717, 1.165) is 5.69 Å². The lowest BCUT2D eigenvalue weighted by Crippen LogP contribution is -2.33. The molecule has 0 aromatic heterocycles. The van der Waals surface area contributed by atoms with Crippen LogP contribution in [0.5, 0.6) is 0 Å². The first-order valence-electron chi connectivity index (χ1n) is 17.6. The van der Waals surface area contributed by atoms with Gasteiger partial charge in [0.05, 0.1) is 11.4 Å². The van der Waals surface area contributed by atoms with Crippen molar-refractivity contribution in [3.05, 3.63) is 175 Å². The number of para-hydroxylation sites is 1. The van der Waals surface area contributed by atoms with Gasteiger partial charge in [0.1, 0.15) is 0 Å². The summed E-state index contributed by atoms with van der Waals surface area (Å²) in [5.41, 5.74) is 14.1. The molecule has 0 N–H and O–H groups in total. The molecule has 0 radical (unpaired) electrons. The highest BCUT2D eigenvalue weighted by atomic mass is 15.1. The molecule has 8 rings (SSSR count). The van der Waals surface area contributed by atoms with Crippen LogP contribution in [0.25, 0.3) is 44.2 Å². The van der Waals surface area contributed by atoms with Crippen molar-refractivity contribution in [2.75, 3.05) is 4.90 Å². The number of fused-ring (bicyclic) bond motifs is 2. The van der Waals surface area contributed by atoms with Crippen molar-refractivity contribution in [3.63, 3.8) is 0 Å². The molecular formula is C48H43N. The van der Waals surface area contributed by atoms with Crippen LogP contribution in [0.4, 0.5) is 17.1 Å². The molecule has 0 fully saturated rings. The predicted molar refractivity (Wildman–Crippen MR) is 210 cm³/mol. The zero-order chi connectivity index (χ0) is 33.6. The highest BCUT2D eigenvalue weighted by Crippen LogP contribution is 2.49. The molecule has 240 valence electrons. The van der Waals surface area contributed by atoms with Gasteiger partial charge in [-0.1, -0.05) is 167 Å². The van der Waals surface area contributed by atoms with Crippen LogP contribution in [0.2, 0.25) is 0 Å². The van der Waals surface area contributed by atoms with Gasteiger partial charge in [0, 0.05) is 16.6 Å². The van der Waals surface area contributed by atoms with E-state index in [1.54, 1.807) is 0 Å². The number of anilines is 3. The Labute approximate surface area is 291 Å². The zero-order valence-electron chi connectivity index (χ0n) is 28.9. The molecule has 7 aromatic rings. The van der Waals surface area contributed by atoms with Crippen molar-refractivity contribution in [3.8, 4) is 33.4 Å². The Bertz CT molecular complexity index is 2250. The summed E-state index contributed by atoms with van der Waals surface area (Å²) in [6.45, 7) is 9.63. The third-order valence-electron chi connectivity index (χ3n) is 10.8. The van der Waals surface area contributed by atoms with Crippen LogP contribution in [0, 0.1) is 0 Å². The predicted octanol–water partition coefficient (Wildman–Crippen LogP) is 13.7. The molecule has 1 aliphatic rings. The average Bonchev–Trinajstić information content (AvgIpc) is 3.15. The van der Waals surface area contributed by atoms with Gasteiger partial charge in [-0.2, -0.15) is 0 Å². The Balaban J connectivity index is 1.25. The summed E-state index contributed by atoms with van der Waals surface area (Å²) in [5, 5.41) is 2.46. The van der Waals surface area contributed by atoms with E-state index in [-0.39, 0.29) is 10.8 Å². The Kier molecular flexibility index (Phi) is 7.72. The SMILES string of the molecule is CC1(C)CCC(C)(C)c2cc(-c3ccccc3N(c3ccc(-c4ccc(-c5ccccc5)cc4)cc3)c3cccc4ccccc34)ccc21. The largest absolute Gasteiger partial charge is 0.309 e. The van der Waals surface area contributed by atoms with Gasteiger partial charge in [0.25, 0.3) is 0 Å². The van der Waals surface area contributed by atoms with E-state index >= 15 is 0 Å². The molecule has 0 bridgehead atoms. The average molecular weight is 634 g/mol. The Morgan fingerprint density at radius 2 is 0.918 bits per heavy atom. The standard InChI is InChI=1S/C48H43N/c1-47(2)31-32-48(3,4)44-33-39(27-30-43(44)47)42-18-10-11-19-45(42)49(46-20-12-16-38-15-8-9-17-41(38)46)40-28-25-37(26-29-40)36-23-21-35(22-24-36)34-13-6-5-7-14-34/h5-30,33H,31-32H2,1-4H3. The number of nitrogens with zero attached hydrogens (tertiary/aromatic N) is 1. The van der Waals surface area contributed by atoms with E-state index in [4.69, 9.17) is 0 Å². The topological polar surface area (TPSA) is 3.24 Å². The van der Waals surface area contributed by atoms with Crippen LogP contribution in [0.1, 0.15) is 51.7 Å². The van der Waals surface area contributed by atoms with Crippen LogP contribution in [0.3, 0.4) is 0 Å². The van der Waals surface area contributed by atoms with Crippen LogP contribution in [-0.4, -0.2) is 0 Å². The molecule has 7 aromatic carbocycles. The highest BCUT2D eigenvalue weighted by molar-refractivity contribution is 6.01. The van der Waals surface area contributed by atoms with Gasteiger partial charge in [0.2, 0.25) is 0 Å². The smallest absolute Gasteiger partial charge is 0.0540 e. The zero-order valence-corrected chi connectivity index (χ0v) is 28.9. The summed E-state index contributed by atoms with van der Waals surface area (Å²) < 4.78 is 0. The fourth-order valence-electron chi connectivity index (χ4n) is 7.77. The minimum Gasteiger partial charge on any atom is -0.309 e. The van der Waals surface area contributed by atoms with Crippen molar-refractivity contribution in [2.24, 2.45) is 0 Å². The van der Waals surface area contributed by atoms with Gasteiger partial charge in [-0.3, -0.25) is 0 Å². The van der Waals surface area contributed by atoms with Crippen molar-refractivity contribution in [1.82, 2.24) is 0 Å². The second-order valence-electron chi connectivity index (χ2n) is 14.9. The van der Waals surface area contributed by atoms with Gasteiger partial charge in [-0.05, 0) is 92.3 Å². The lowest BCUT2D eigenvalue weighted by atomic mass is 9.63. The van der Waals surface area contributed by atoms with Crippen LogP contribution >= 0.6 is 0 Å². The van der Waals surface area contributed by atoms with Crippen molar-refractivity contribution in [2.45, 2.75) is 51.4 Å². The van der Waals surface area contributed by atoms with Crippen LogP contribution in [-0.2, 0) is 10.8 Å². The first-order chi connectivity index (χ1) is 23.8. The van der Waals surface area contributed by atoms with Gasteiger partial charge < -0.3 is 4.90 Å². The molecule has 1 aliphatic carbocycles. The van der Waals surface area contributed by atoms with E-state index in [1.165, 1.54) is 79.5 Å². The first-order valence-corrected chi connectivity index (χ1v) is 17.6. The molecule has 1 heteroatoms. The summed E-state index contributed by atoms with van der Waals surface area (Å²) >= 11 is 0. The number of benzene rings is 7. The maximum absolute atomic E-state index is 2.48. The minimum absolute atomic E-state index is 0.139. The monoisotopic (exact) mass is 633 g/mol. The van der Waals surface area contributed by atoms with E-state index in [2.05, 4.69) is 196 Å². The number of hydrogen-bond acceptors (Lipinski definition) is 1. The van der Waals surface area contributed by atoms with Crippen LogP contribution < -0.4 is 4.90 Å². The molecule has 0 saturated heterocycles. The van der Waals surface area contributed by atoms with Crippen molar-refractivity contribution >= 4 is 27.8 Å². The van der Waals surface area contributed by atoms with E-state index < -0.39 is 0 Å². The van der Waals surface area contributed by atoms with Gasteiger partial charge in [-0.15, -0.1) is 0 Å². The first kappa shape index (κ1) is 30.9. The summed E-state index contributed by atoms with van der Waals surface area (Å²) in [7, 11) is 0. The maximum Gasteiger partial charge on any atom is 0.0540 e. The third kappa shape index (κ3) is 5.74. The van der Waals surface area contributed by atoms with Gasteiger partial charge in [-0.25, -0.2) is 0 Å². The minimum atomic E-state index is 0.139. The fraction of sp³-hybridized carbons (Fsp3) is 0.167. The second kappa shape index (κ2) is 12.2. The molecular weight excluding hydrogens is 591 g/mol. The molecule has 1 nitrogen and oxygen atoms in total. The van der Waals surface area contributed by atoms with E-state index in [9.17, 15) is 0 Å². The van der Waals surface area contributed by atoms with Gasteiger partial charge in [0.15, 0.2) is 0 Å². The van der Waals surface area contributed by atoms with E-state index in [1.807, 2.05) is 0 Å². The Morgan fingerprint density at radius 3 is 1.63 bits per heavy atom. The number of hydrogen-bond donors (Lipinski definition) is 0. The maximum atomic E-state index is 2.48. The van der Waals surface area contributed by atoms with Crippen LogP contribution in [0.15, 0.2) is 164 Å². The summed E-state index contributed by atoms with van der Waals surface area (Å²) in [5.74, 6) is 0. The third-order valence-corrected chi connectivity index (χ3v) is 10.8. The molecule has 49 heavy (non-hydrogen) atoms. The van der Waals surface area contributed by atoms with Crippen molar-refractivity contribution < 1.29 is 0 Å². The Hall–Kier alpha value is -5.40. The summed E-state index contributed by atoms with van der Waals surface area (Å²) in [6, 6.07) is 60.1. The molecule has 0 unspecified atom stereocenters. The van der Waals surface area contributed by atoms with Gasteiger partial charge >= 0.3 is 0 Å². The molecule has 0 heterocycles. The quantitative estimate of drug-likeness (QED) is 0.176. The number of rotatable bonds is 6. The molecule has 0 aliphatic heterocycles. The molecule has 0 spiro atoms. The molecule has 0 saturated carbocycles. The summed E-state index contributed by atoms with van der Waals surface area (Å²) in [4.78, 5) is 2.45. The lowest BCUT2D eigenvalue weighted by Gasteiger charge is -2.42.